The molecule has 54 valence electrons. The fourth-order valence-electron chi connectivity index (χ4n) is 0.403. The fourth-order valence-corrected chi connectivity index (χ4v) is 0.403. The van der Waals surface area contributed by atoms with Crippen molar-refractivity contribution in [1.29, 1.82) is 0 Å². The number of hydrogen-bond acceptors (Lipinski definition) is 2. The molecule has 0 saturated carbocycles. The van der Waals surface area contributed by atoms with Gasteiger partial charge in [0.05, 0.1) is 0 Å². The predicted octanol–water partition coefficient (Wildman–Crippen LogP) is 0.945. The van der Waals surface area contributed by atoms with E-state index < -0.39 is 0 Å². The van der Waals surface area contributed by atoms with Crippen LogP contribution in [0.4, 0.5) is 0 Å². The first-order chi connectivity index (χ1) is 3.68. The monoisotopic (exact) mass is 272 g/mol. The van der Waals surface area contributed by atoms with Crippen molar-refractivity contribution in [2.75, 3.05) is 0 Å². The maximum atomic E-state index is 10.4. The molecule has 0 aliphatic rings. The normalized spacial score (nSPS) is 7.78. The Labute approximate surface area is 87.1 Å². The van der Waals surface area contributed by atoms with Crippen LogP contribution in [0.1, 0.15) is 26.7 Å². The number of rotatable bonds is 3. The topological polar surface area (TPSA) is 34.1 Å². The van der Waals surface area contributed by atoms with E-state index in [0.717, 1.165) is 6.42 Å². The third kappa shape index (κ3) is 6.55. The van der Waals surface area contributed by atoms with Gasteiger partial charge in [-0.25, -0.2) is 0 Å². The van der Waals surface area contributed by atoms with Crippen molar-refractivity contribution in [2.24, 2.45) is 0 Å². The molecule has 0 atom stereocenters. The molecule has 0 saturated heterocycles. The second-order valence-electron chi connectivity index (χ2n) is 1.73. The van der Waals surface area contributed by atoms with Crippen molar-refractivity contribution in [3.63, 3.8) is 0 Å². The van der Waals surface area contributed by atoms with E-state index in [2.05, 4.69) is 0 Å². The van der Waals surface area contributed by atoms with Crippen molar-refractivity contribution in [2.45, 2.75) is 26.7 Å². The summed E-state index contributed by atoms with van der Waals surface area (Å²) in [4.78, 5) is 20.6. The second-order valence-corrected chi connectivity index (χ2v) is 1.73. The quantitative estimate of drug-likeness (QED) is 0.716. The van der Waals surface area contributed by atoms with Crippen LogP contribution in [0.5, 0.6) is 0 Å². The molecule has 0 fully saturated rings. The summed E-state index contributed by atoms with van der Waals surface area (Å²) >= 11 is 0. The van der Waals surface area contributed by atoms with Gasteiger partial charge in [-0.1, -0.05) is 6.92 Å². The van der Waals surface area contributed by atoms with Crippen molar-refractivity contribution in [3.8, 4) is 0 Å². The molecule has 0 amide bonds. The smallest absolute Gasteiger partial charge is 0.198 e. The molecule has 0 spiro atoms. The Bertz CT molecular complexity index is 110. The number of carbonyl (C=O) groups excluding carboxylic acids is 2. The van der Waals surface area contributed by atoms with E-state index in [9.17, 15) is 9.59 Å². The van der Waals surface area contributed by atoms with E-state index in [1.807, 2.05) is 6.92 Å². The van der Waals surface area contributed by atoms with Gasteiger partial charge < -0.3 is 0 Å². The Morgan fingerprint density at radius 3 is 1.89 bits per heavy atom. The maximum Gasteiger partial charge on any atom is 0.198 e. The molecule has 0 aliphatic carbocycles. The molecule has 0 unspecified atom stereocenters. The molecule has 0 aliphatic heterocycles. The van der Waals surface area contributed by atoms with Gasteiger partial charge in [-0.05, 0) is 6.42 Å². The zero-order valence-electron chi connectivity index (χ0n) is 5.58. The van der Waals surface area contributed by atoms with Gasteiger partial charge in [-0.15, -0.1) is 0 Å². The molecule has 0 N–H and O–H groups in total. The fraction of sp³-hybridized carbons (Fsp3) is 0.667. The average molecular weight is 271 g/mol. The molecule has 3 heteroatoms. The van der Waals surface area contributed by atoms with Gasteiger partial charge in [-0.3, -0.25) is 9.59 Å². The molecule has 0 radical (unpaired) electrons. The van der Waals surface area contributed by atoms with Gasteiger partial charge in [0.2, 0.25) is 0 Å². The molecule has 2 nitrogen and oxygen atoms in total. The Morgan fingerprint density at radius 2 is 1.78 bits per heavy atom. The Kier molecular flexibility index (Phi) is 9.30. The Balaban J connectivity index is 0. The number of ketones is 2. The summed E-state index contributed by atoms with van der Waals surface area (Å²) in [6, 6.07) is 0. The SMILES string of the molecule is CCCC(=O)C(C)=O.[Gd]. The van der Waals surface area contributed by atoms with Gasteiger partial charge in [0, 0.05) is 53.3 Å². The number of carbonyl (C=O) groups is 2. The van der Waals surface area contributed by atoms with E-state index >= 15 is 0 Å². The van der Waals surface area contributed by atoms with Crippen LogP contribution in [0.3, 0.4) is 0 Å². The van der Waals surface area contributed by atoms with E-state index in [-0.39, 0.29) is 51.5 Å². The van der Waals surface area contributed by atoms with E-state index in [1.165, 1.54) is 6.92 Å². The molecular weight excluding hydrogens is 261 g/mol. The van der Waals surface area contributed by atoms with Gasteiger partial charge in [0.1, 0.15) is 0 Å². The summed E-state index contributed by atoms with van der Waals surface area (Å²) in [5, 5.41) is 0. The first kappa shape index (κ1) is 12.4. The van der Waals surface area contributed by atoms with Crippen molar-refractivity contribution in [1.82, 2.24) is 0 Å². The molecule has 0 rings (SSSR count). The van der Waals surface area contributed by atoms with Gasteiger partial charge in [-0.2, -0.15) is 0 Å². The average Bonchev–Trinajstić information content (AvgIpc) is 1.67. The number of hydrogen-bond donors (Lipinski definition) is 0. The molecule has 9 heavy (non-hydrogen) atoms. The van der Waals surface area contributed by atoms with Crippen LogP contribution in [0.2, 0.25) is 0 Å². The van der Waals surface area contributed by atoms with Crippen LogP contribution < -0.4 is 0 Å². The third-order valence-electron chi connectivity index (χ3n) is 0.870. The molecule has 0 aromatic carbocycles. The maximum absolute atomic E-state index is 10.4. The molecule has 0 aromatic rings. The summed E-state index contributed by atoms with van der Waals surface area (Å²) in [6.45, 7) is 3.18. The van der Waals surface area contributed by atoms with Gasteiger partial charge in [0.15, 0.2) is 11.6 Å². The summed E-state index contributed by atoms with van der Waals surface area (Å²) < 4.78 is 0. The van der Waals surface area contributed by atoms with Crippen molar-refractivity contribution >= 4 is 11.6 Å². The van der Waals surface area contributed by atoms with E-state index in [0.29, 0.717) is 6.42 Å². The molecular formula is C6H10GdO2. The van der Waals surface area contributed by atoms with E-state index in [1.54, 1.807) is 0 Å². The van der Waals surface area contributed by atoms with Crippen LogP contribution in [-0.2, 0) is 9.59 Å². The predicted molar refractivity (Wildman–Crippen MR) is 30.6 cm³/mol. The van der Waals surface area contributed by atoms with Gasteiger partial charge in [0.25, 0.3) is 0 Å². The minimum atomic E-state index is -0.327. The van der Waals surface area contributed by atoms with Crippen LogP contribution in [0, 0.1) is 39.9 Å². The zero-order valence-corrected chi connectivity index (χ0v) is 7.85. The summed E-state index contributed by atoms with van der Waals surface area (Å²) in [5.41, 5.74) is 0. The zero-order chi connectivity index (χ0) is 6.57. The molecule has 0 bridgehead atoms. The second kappa shape index (κ2) is 6.78. The third-order valence-corrected chi connectivity index (χ3v) is 0.870. The first-order valence-electron chi connectivity index (χ1n) is 2.72. The Hall–Kier alpha value is 0.665. The number of Topliss-reactive ketones (excluding diaryl/α,β-unsaturated/α-hetero) is 2. The van der Waals surface area contributed by atoms with Crippen molar-refractivity contribution < 1.29 is 49.5 Å². The van der Waals surface area contributed by atoms with Gasteiger partial charge >= 0.3 is 0 Å². The van der Waals surface area contributed by atoms with Crippen LogP contribution in [0.25, 0.3) is 0 Å². The first-order valence-corrected chi connectivity index (χ1v) is 2.72. The minimum absolute atomic E-state index is 0. The molecule has 0 aromatic heterocycles. The minimum Gasteiger partial charge on any atom is -0.291 e. The van der Waals surface area contributed by atoms with Crippen LogP contribution in [0.15, 0.2) is 0 Å². The largest absolute Gasteiger partial charge is 0.291 e. The van der Waals surface area contributed by atoms with Crippen LogP contribution >= 0.6 is 0 Å². The summed E-state index contributed by atoms with van der Waals surface area (Å²) in [7, 11) is 0. The van der Waals surface area contributed by atoms with Crippen LogP contribution in [-0.4, -0.2) is 11.6 Å². The standard InChI is InChI=1S/C6H10O2.Gd/c1-3-4-6(8)5(2)7;/h3-4H2,1-2H3;. The summed E-state index contributed by atoms with van der Waals surface area (Å²) in [6.07, 6.45) is 1.16. The molecule has 0 heterocycles. The summed E-state index contributed by atoms with van der Waals surface area (Å²) in [5.74, 6) is -0.584. The van der Waals surface area contributed by atoms with Crippen molar-refractivity contribution in [3.05, 3.63) is 0 Å². The Morgan fingerprint density at radius 1 is 1.33 bits per heavy atom. The van der Waals surface area contributed by atoms with E-state index in [4.69, 9.17) is 0 Å².